The van der Waals surface area contributed by atoms with Crippen molar-refractivity contribution in [3.8, 4) is 11.5 Å². The normalized spacial score (nSPS) is 26.6. The number of benzene rings is 2. The maximum atomic E-state index is 10.1. The van der Waals surface area contributed by atoms with E-state index in [2.05, 4.69) is 85.6 Å². The van der Waals surface area contributed by atoms with Crippen molar-refractivity contribution in [3.05, 3.63) is 71.0 Å². The number of nitrogens with zero attached hydrogens (tertiary/aromatic N) is 4. The Hall–Kier alpha value is -2.94. The molecule has 3 aromatic rings. The van der Waals surface area contributed by atoms with Crippen molar-refractivity contribution < 1.29 is 14.7 Å². The number of piperidine rings is 1. The summed E-state index contributed by atoms with van der Waals surface area (Å²) in [5.74, 6) is 3.72. The van der Waals surface area contributed by atoms with Crippen molar-refractivity contribution in [3.63, 3.8) is 0 Å². The first-order valence-corrected chi connectivity index (χ1v) is 16.5. The van der Waals surface area contributed by atoms with E-state index in [1.807, 2.05) is 23.0 Å². The van der Waals surface area contributed by atoms with Gasteiger partial charge in [-0.1, -0.05) is 30.3 Å². The van der Waals surface area contributed by atoms with Gasteiger partial charge in [0.05, 0.1) is 19.3 Å². The van der Waals surface area contributed by atoms with Crippen LogP contribution in [-0.2, 0) is 24.3 Å². The van der Waals surface area contributed by atoms with Crippen LogP contribution in [0.15, 0.2) is 48.7 Å². The number of rotatable bonds is 9. The first kappa shape index (κ1) is 31.1. The lowest BCUT2D eigenvalue weighted by Gasteiger charge is -2.53. The zero-order valence-electron chi connectivity index (χ0n) is 27.4. The lowest BCUT2D eigenvalue weighted by molar-refractivity contribution is -0.267. The fourth-order valence-electron chi connectivity index (χ4n) is 9.00. The van der Waals surface area contributed by atoms with E-state index in [1.165, 1.54) is 36.0 Å². The third-order valence-electron chi connectivity index (χ3n) is 10.4. The molecule has 0 amide bonds. The molecule has 2 fully saturated rings. The summed E-state index contributed by atoms with van der Waals surface area (Å²) < 4.78 is 8.00. The van der Waals surface area contributed by atoms with Gasteiger partial charge >= 0.3 is 0 Å². The van der Waals surface area contributed by atoms with Crippen molar-refractivity contribution in [2.24, 2.45) is 11.8 Å². The average Bonchev–Trinajstić information content (AvgIpc) is 3.42. The average molecular weight is 602 g/mol. The quantitative estimate of drug-likeness (QED) is 0.286. The molecule has 1 aliphatic heterocycles. The number of fused-ring (bicyclic) bond motifs is 3. The standard InChI is InChI=1S/C36H51N5O3/c1-24-17-27-8-7-26-19-30(42)11-14-32(26)34(27)33(18-24)25-9-12-31(13-10-25)44-16-15-40-23-29(38-39-40)22-37-28-20-35(2,3)41(43-6)36(4,5)21-28/h9-14,19,23-24,27-28,33-34,37,42H,7-8,15-18,20-22H2,1-6H3/t24-,27?,33+,34?/m0/s1. The fourth-order valence-corrected chi connectivity index (χ4v) is 9.00. The number of phenolic OH excluding ortho intramolecular Hbond substituents is 1. The maximum Gasteiger partial charge on any atom is 0.119 e. The van der Waals surface area contributed by atoms with Crippen LogP contribution >= 0.6 is 0 Å². The topological polar surface area (TPSA) is 84.7 Å². The Bertz CT molecular complexity index is 1400. The number of hydrogen-bond acceptors (Lipinski definition) is 7. The number of ether oxygens (including phenoxy) is 1. The number of phenols is 1. The van der Waals surface area contributed by atoms with Gasteiger partial charge in [0.15, 0.2) is 0 Å². The van der Waals surface area contributed by atoms with E-state index < -0.39 is 0 Å². The van der Waals surface area contributed by atoms with Crippen molar-refractivity contribution in [1.29, 1.82) is 0 Å². The van der Waals surface area contributed by atoms with E-state index in [1.54, 1.807) is 7.11 Å². The number of hydroxylamine groups is 2. The molecular weight excluding hydrogens is 550 g/mol. The Labute approximate surface area is 263 Å². The molecule has 1 saturated heterocycles. The third-order valence-corrected chi connectivity index (χ3v) is 10.4. The van der Waals surface area contributed by atoms with E-state index in [9.17, 15) is 5.11 Å². The first-order chi connectivity index (χ1) is 21.0. The summed E-state index contributed by atoms with van der Waals surface area (Å²) in [6, 6.07) is 15.2. The number of hydrogen-bond donors (Lipinski definition) is 2. The SMILES string of the molecule is CON1C(C)(C)CC(NCc2cn(CCOc3ccc([C@H]4C[C@@H](C)CC5CCc6cc(O)ccc6C54)cc3)nn2)CC1(C)C. The van der Waals surface area contributed by atoms with Crippen LogP contribution in [0.4, 0.5) is 0 Å². The summed E-state index contributed by atoms with van der Waals surface area (Å²) in [4.78, 5) is 5.74. The summed E-state index contributed by atoms with van der Waals surface area (Å²) in [7, 11) is 1.77. The van der Waals surface area contributed by atoms with Crippen LogP contribution in [0.2, 0.25) is 0 Å². The largest absolute Gasteiger partial charge is 0.508 e. The first-order valence-electron chi connectivity index (χ1n) is 16.5. The minimum Gasteiger partial charge on any atom is -0.508 e. The number of aromatic nitrogens is 3. The predicted molar refractivity (Wildman–Crippen MR) is 173 cm³/mol. The third kappa shape index (κ3) is 6.53. The highest BCUT2D eigenvalue weighted by Gasteiger charge is 2.46. The van der Waals surface area contributed by atoms with Crippen molar-refractivity contribution in [2.75, 3.05) is 13.7 Å². The van der Waals surface area contributed by atoms with Gasteiger partial charge in [-0.3, -0.25) is 0 Å². The smallest absolute Gasteiger partial charge is 0.119 e. The molecule has 2 unspecified atom stereocenters. The molecule has 0 bridgehead atoms. The van der Waals surface area contributed by atoms with E-state index in [-0.39, 0.29) is 11.1 Å². The van der Waals surface area contributed by atoms with Crippen LogP contribution in [-0.4, -0.2) is 56.0 Å². The summed E-state index contributed by atoms with van der Waals surface area (Å²) in [5, 5.41) is 24.7. The van der Waals surface area contributed by atoms with Gasteiger partial charge in [0.2, 0.25) is 0 Å². The Morgan fingerprint density at radius 1 is 1.02 bits per heavy atom. The predicted octanol–water partition coefficient (Wildman–Crippen LogP) is 6.60. The van der Waals surface area contributed by atoms with E-state index in [0.717, 1.165) is 36.6 Å². The molecular formula is C36H51N5O3. The molecule has 8 heteroatoms. The molecule has 1 saturated carbocycles. The number of aromatic hydroxyl groups is 1. The van der Waals surface area contributed by atoms with Gasteiger partial charge in [-0.25, -0.2) is 4.68 Å². The van der Waals surface area contributed by atoms with Gasteiger partial charge < -0.3 is 20.0 Å². The Morgan fingerprint density at radius 2 is 1.77 bits per heavy atom. The molecule has 2 heterocycles. The molecule has 4 atom stereocenters. The Balaban J connectivity index is 1.02. The second-order valence-corrected chi connectivity index (χ2v) is 14.9. The van der Waals surface area contributed by atoms with Gasteiger partial charge in [0.25, 0.3) is 0 Å². The van der Waals surface area contributed by atoms with Gasteiger partial charge in [0.1, 0.15) is 18.1 Å². The zero-order valence-corrected chi connectivity index (χ0v) is 27.4. The summed E-state index contributed by atoms with van der Waals surface area (Å²) in [6.07, 6.45) is 8.81. The van der Waals surface area contributed by atoms with Crippen LogP contribution in [0.1, 0.15) is 101 Å². The molecule has 44 heavy (non-hydrogen) atoms. The lowest BCUT2D eigenvalue weighted by atomic mass is 9.59. The Kier molecular flexibility index (Phi) is 8.79. The van der Waals surface area contributed by atoms with Crippen LogP contribution < -0.4 is 10.1 Å². The molecule has 3 aliphatic rings. The molecule has 1 aromatic heterocycles. The minimum absolute atomic E-state index is 0.0509. The second-order valence-electron chi connectivity index (χ2n) is 14.9. The van der Waals surface area contributed by atoms with Gasteiger partial charge in [-0.2, -0.15) is 5.06 Å². The minimum atomic E-state index is -0.0509. The summed E-state index contributed by atoms with van der Waals surface area (Å²) >= 11 is 0. The number of aryl methyl sites for hydroxylation is 1. The van der Waals surface area contributed by atoms with Gasteiger partial charge in [-0.15, -0.1) is 5.10 Å². The highest BCUT2D eigenvalue weighted by atomic mass is 16.7. The van der Waals surface area contributed by atoms with E-state index in [0.29, 0.717) is 49.2 Å². The van der Waals surface area contributed by atoms with E-state index in [4.69, 9.17) is 9.57 Å². The summed E-state index contributed by atoms with van der Waals surface area (Å²) in [5.41, 5.74) is 5.02. The van der Waals surface area contributed by atoms with Crippen molar-refractivity contribution >= 4 is 0 Å². The molecule has 6 rings (SSSR count). The Morgan fingerprint density at radius 3 is 2.50 bits per heavy atom. The maximum absolute atomic E-state index is 10.1. The molecule has 2 aromatic carbocycles. The van der Waals surface area contributed by atoms with Gasteiger partial charge in [0, 0.05) is 29.9 Å². The van der Waals surface area contributed by atoms with Crippen LogP contribution in [0.3, 0.4) is 0 Å². The van der Waals surface area contributed by atoms with Crippen molar-refractivity contribution in [2.45, 2.75) is 115 Å². The van der Waals surface area contributed by atoms with Crippen LogP contribution in [0.5, 0.6) is 11.5 Å². The van der Waals surface area contributed by atoms with E-state index >= 15 is 0 Å². The highest BCUT2D eigenvalue weighted by molar-refractivity contribution is 5.43. The fraction of sp³-hybridized carbons (Fsp3) is 0.611. The molecule has 238 valence electrons. The molecule has 0 radical (unpaired) electrons. The monoisotopic (exact) mass is 601 g/mol. The van der Waals surface area contributed by atoms with Crippen molar-refractivity contribution in [1.82, 2.24) is 25.4 Å². The molecule has 0 spiro atoms. The van der Waals surface area contributed by atoms with Crippen LogP contribution in [0.25, 0.3) is 0 Å². The van der Waals surface area contributed by atoms with Gasteiger partial charge in [-0.05, 0) is 131 Å². The lowest BCUT2D eigenvalue weighted by Crippen LogP contribution is -2.63. The number of nitrogens with one attached hydrogen (secondary N) is 1. The zero-order chi connectivity index (χ0) is 31.1. The summed E-state index contributed by atoms with van der Waals surface area (Å²) in [6.45, 7) is 13.2. The molecule has 8 nitrogen and oxygen atoms in total. The molecule has 2 aliphatic carbocycles. The van der Waals surface area contributed by atoms with Crippen LogP contribution in [0, 0.1) is 11.8 Å². The molecule has 2 N–H and O–H groups in total. The highest BCUT2D eigenvalue weighted by Crippen LogP contribution is 2.54. The second kappa shape index (κ2) is 12.5.